The maximum Gasteiger partial charge on any atom is 0.227 e. The monoisotopic (exact) mass is 332 g/mol. The number of benzene rings is 1. The third-order valence-electron chi connectivity index (χ3n) is 3.35. The fourth-order valence-corrected chi connectivity index (χ4v) is 2.01. The van der Waals surface area contributed by atoms with Crippen LogP contribution >= 0.6 is 0 Å². The molecule has 2 rings (SSSR count). The maximum atomic E-state index is 11.9. The second-order valence-electron chi connectivity index (χ2n) is 5.62. The largest absolute Gasteiger partial charge is 0.497 e. The average Bonchev–Trinajstić information content (AvgIpc) is 3.01. The second-order valence-corrected chi connectivity index (χ2v) is 5.62. The number of hydrogen-bond acceptors (Lipinski definition) is 5. The molecule has 0 spiro atoms. The quantitative estimate of drug-likeness (QED) is 0.759. The van der Waals surface area contributed by atoms with Gasteiger partial charge in [-0.2, -0.15) is 5.10 Å². The van der Waals surface area contributed by atoms with Crippen LogP contribution in [0.4, 0.5) is 5.69 Å². The lowest BCUT2D eigenvalue weighted by atomic mass is 10.3. The van der Waals surface area contributed by atoms with E-state index in [-0.39, 0.29) is 12.3 Å². The van der Waals surface area contributed by atoms with E-state index in [2.05, 4.69) is 15.3 Å². The molecular formula is C17H24N4O3. The van der Waals surface area contributed by atoms with E-state index in [9.17, 15) is 4.79 Å². The van der Waals surface area contributed by atoms with E-state index in [4.69, 9.17) is 9.47 Å². The number of carbonyl (C=O) groups is 1. The Bertz CT molecular complexity index is 638. The molecule has 0 radical (unpaired) electrons. The molecular weight excluding hydrogens is 308 g/mol. The Morgan fingerprint density at radius 1 is 1.25 bits per heavy atom. The van der Waals surface area contributed by atoms with Gasteiger partial charge in [0.05, 0.1) is 38.6 Å². The summed E-state index contributed by atoms with van der Waals surface area (Å²) in [5.74, 6) is 1.38. The van der Waals surface area contributed by atoms with E-state index in [1.54, 1.807) is 13.3 Å². The highest BCUT2D eigenvalue weighted by Gasteiger charge is 2.05. The Morgan fingerprint density at radius 2 is 1.96 bits per heavy atom. The molecule has 0 fully saturated rings. The van der Waals surface area contributed by atoms with Crippen LogP contribution < -0.4 is 14.8 Å². The number of nitrogens with zero attached hydrogens (tertiary/aromatic N) is 3. The van der Waals surface area contributed by atoms with Gasteiger partial charge in [0, 0.05) is 12.7 Å². The zero-order valence-corrected chi connectivity index (χ0v) is 14.4. The Kier molecular flexibility index (Phi) is 6.62. The Morgan fingerprint density at radius 3 is 2.62 bits per heavy atom. The third-order valence-corrected chi connectivity index (χ3v) is 3.35. The van der Waals surface area contributed by atoms with E-state index < -0.39 is 0 Å². The summed E-state index contributed by atoms with van der Waals surface area (Å²) in [6.45, 7) is 1.99. The van der Waals surface area contributed by atoms with Crippen molar-refractivity contribution in [3.05, 3.63) is 36.7 Å². The van der Waals surface area contributed by atoms with Crippen LogP contribution in [0.25, 0.3) is 0 Å². The number of carbonyl (C=O) groups excluding carboxylic acids is 1. The lowest BCUT2D eigenvalue weighted by molar-refractivity contribution is -0.116. The van der Waals surface area contributed by atoms with E-state index >= 15 is 0 Å². The number of ether oxygens (including phenoxy) is 2. The van der Waals surface area contributed by atoms with Gasteiger partial charge in [-0.1, -0.05) is 0 Å². The standard InChI is InChI=1S/C17H24N4O3/c1-20(2)9-10-21-13-14(12-18-21)19-17(22)8-11-24-16-6-4-15(23-3)5-7-16/h4-7,12-13H,8-11H2,1-3H3,(H,19,22). The van der Waals surface area contributed by atoms with Crippen molar-refractivity contribution in [2.45, 2.75) is 13.0 Å². The van der Waals surface area contributed by atoms with Crippen LogP contribution in [0.3, 0.4) is 0 Å². The topological polar surface area (TPSA) is 68.6 Å². The highest BCUT2D eigenvalue weighted by molar-refractivity contribution is 5.90. The third kappa shape index (κ3) is 5.92. The Hall–Kier alpha value is -2.54. The van der Waals surface area contributed by atoms with Crippen molar-refractivity contribution >= 4 is 11.6 Å². The fraction of sp³-hybridized carbons (Fsp3) is 0.412. The molecule has 1 heterocycles. The zero-order valence-electron chi connectivity index (χ0n) is 14.4. The second kappa shape index (κ2) is 8.93. The number of rotatable bonds is 9. The molecule has 0 saturated carbocycles. The minimum atomic E-state index is -0.101. The molecule has 2 aromatic rings. The van der Waals surface area contributed by atoms with E-state index in [1.807, 2.05) is 49.2 Å². The molecule has 0 unspecified atom stereocenters. The van der Waals surface area contributed by atoms with Gasteiger partial charge in [-0.25, -0.2) is 0 Å². The first-order valence-electron chi connectivity index (χ1n) is 7.80. The summed E-state index contributed by atoms with van der Waals surface area (Å²) >= 11 is 0. The summed E-state index contributed by atoms with van der Waals surface area (Å²) in [6, 6.07) is 7.26. The van der Waals surface area contributed by atoms with Crippen LogP contribution in [-0.4, -0.2) is 54.9 Å². The summed E-state index contributed by atoms with van der Waals surface area (Å²) in [4.78, 5) is 14.0. The summed E-state index contributed by atoms with van der Waals surface area (Å²) in [5.41, 5.74) is 0.697. The summed E-state index contributed by atoms with van der Waals surface area (Å²) in [5, 5.41) is 7.04. The van der Waals surface area contributed by atoms with Gasteiger partial charge in [0.1, 0.15) is 11.5 Å². The molecule has 7 nitrogen and oxygen atoms in total. The van der Waals surface area contributed by atoms with Gasteiger partial charge in [-0.05, 0) is 38.4 Å². The molecule has 1 N–H and O–H groups in total. The molecule has 1 aromatic carbocycles. The number of methoxy groups -OCH3 is 1. The van der Waals surface area contributed by atoms with Crippen molar-refractivity contribution in [2.75, 3.05) is 39.7 Å². The zero-order chi connectivity index (χ0) is 17.4. The van der Waals surface area contributed by atoms with Crippen LogP contribution in [0.15, 0.2) is 36.7 Å². The van der Waals surface area contributed by atoms with Crippen molar-refractivity contribution in [3.8, 4) is 11.5 Å². The molecule has 24 heavy (non-hydrogen) atoms. The first-order valence-corrected chi connectivity index (χ1v) is 7.80. The summed E-state index contributed by atoms with van der Waals surface area (Å²) < 4.78 is 12.4. The molecule has 0 bridgehead atoms. The average molecular weight is 332 g/mol. The first-order chi connectivity index (χ1) is 11.6. The molecule has 0 atom stereocenters. The van der Waals surface area contributed by atoms with Crippen LogP contribution in [0, 0.1) is 0 Å². The van der Waals surface area contributed by atoms with Gasteiger partial charge in [0.15, 0.2) is 0 Å². The lowest BCUT2D eigenvalue weighted by Crippen LogP contribution is -2.18. The van der Waals surface area contributed by atoms with Gasteiger partial charge in [0.25, 0.3) is 0 Å². The van der Waals surface area contributed by atoms with Crippen molar-refractivity contribution < 1.29 is 14.3 Å². The van der Waals surface area contributed by atoms with E-state index in [0.29, 0.717) is 18.0 Å². The normalized spacial score (nSPS) is 10.7. The maximum absolute atomic E-state index is 11.9. The van der Waals surface area contributed by atoms with Gasteiger partial charge in [-0.15, -0.1) is 0 Å². The van der Waals surface area contributed by atoms with Crippen LogP contribution in [0.2, 0.25) is 0 Å². The highest BCUT2D eigenvalue weighted by Crippen LogP contribution is 2.17. The predicted octanol–water partition coefficient (Wildman–Crippen LogP) is 1.86. The molecule has 1 aromatic heterocycles. The van der Waals surface area contributed by atoms with Crippen LogP contribution in [0.1, 0.15) is 6.42 Å². The number of nitrogens with one attached hydrogen (secondary N) is 1. The highest BCUT2D eigenvalue weighted by atomic mass is 16.5. The number of likely N-dealkylation sites (N-methyl/N-ethyl adjacent to an activating group) is 1. The lowest BCUT2D eigenvalue weighted by Gasteiger charge is -2.08. The van der Waals surface area contributed by atoms with Crippen LogP contribution in [0.5, 0.6) is 11.5 Å². The molecule has 0 saturated heterocycles. The van der Waals surface area contributed by atoms with Crippen molar-refractivity contribution in [1.82, 2.24) is 14.7 Å². The minimum absolute atomic E-state index is 0.101. The fourth-order valence-electron chi connectivity index (χ4n) is 2.01. The molecule has 0 aliphatic heterocycles. The predicted molar refractivity (Wildman–Crippen MR) is 92.5 cm³/mol. The molecule has 130 valence electrons. The van der Waals surface area contributed by atoms with Gasteiger partial charge in [0.2, 0.25) is 5.91 Å². The first kappa shape index (κ1) is 17.8. The summed E-state index contributed by atoms with van der Waals surface area (Å²) in [6.07, 6.45) is 3.75. The number of anilines is 1. The van der Waals surface area contributed by atoms with Crippen molar-refractivity contribution in [2.24, 2.45) is 0 Å². The SMILES string of the molecule is COc1ccc(OCCC(=O)Nc2cnn(CCN(C)C)c2)cc1. The molecule has 1 amide bonds. The summed E-state index contributed by atoms with van der Waals surface area (Å²) in [7, 11) is 5.63. The van der Waals surface area contributed by atoms with E-state index in [0.717, 1.165) is 18.8 Å². The van der Waals surface area contributed by atoms with E-state index in [1.165, 1.54) is 0 Å². The minimum Gasteiger partial charge on any atom is -0.497 e. The molecule has 0 aliphatic carbocycles. The Labute approximate surface area is 142 Å². The number of amides is 1. The van der Waals surface area contributed by atoms with Crippen LogP contribution in [-0.2, 0) is 11.3 Å². The van der Waals surface area contributed by atoms with Crippen molar-refractivity contribution in [3.63, 3.8) is 0 Å². The molecule has 7 heteroatoms. The van der Waals surface area contributed by atoms with Gasteiger partial charge >= 0.3 is 0 Å². The Balaban J connectivity index is 1.70. The number of aromatic nitrogens is 2. The smallest absolute Gasteiger partial charge is 0.227 e. The molecule has 0 aliphatic rings. The van der Waals surface area contributed by atoms with Gasteiger partial charge in [-0.3, -0.25) is 9.48 Å². The number of hydrogen-bond donors (Lipinski definition) is 1. The van der Waals surface area contributed by atoms with Crippen molar-refractivity contribution in [1.29, 1.82) is 0 Å². The van der Waals surface area contributed by atoms with Gasteiger partial charge < -0.3 is 19.7 Å².